The van der Waals surface area contributed by atoms with Crippen LogP contribution in [0.3, 0.4) is 0 Å². The summed E-state index contributed by atoms with van der Waals surface area (Å²) >= 11 is 6.39. The molecule has 0 unspecified atom stereocenters. The van der Waals surface area contributed by atoms with E-state index in [1.807, 2.05) is 6.07 Å². The first-order valence-corrected chi connectivity index (χ1v) is 12.6. The van der Waals surface area contributed by atoms with E-state index in [2.05, 4.69) is 61.2 Å². The van der Waals surface area contributed by atoms with E-state index in [9.17, 15) is 0 Å². The van der Waals surface area contributed by atoms with Gasteiger partial charge in [0.15, 0.2) is 0 Å². The summed E-state index contributed by atoms with van der Waals surface area (Å²) in [6.45, 7) is 11.0. The lowest BCUT2D eigenvalue weighted by molar-refractivity contribution is -0.0329. The molecule has 0 saturated carbocycles. The van der Waals surface area contributed by atoms with E-state index >= 15 is 0 Å². The fraction of sp³-hybridized carbons (Fsp3) is 0.462. The van der Waals surface area contributed by atoms with E-state index in [1.54, 1.807) is 12.4 Å². The molecule has 8 heteroatoms. The highest BCUT2D eigenvalue weighted by Crippen LogP contribution is 2.32. The molecule has 2 saturated heterocycles. The third-order valence-corrected chi connectivity index (χ3v) is 7.45. The molecule has 178 valence electrons. The maximum atomic E-state index is 6.39. The van der Waals surface area contributed by atoms with Crippen LogP contribution in [-0.2, 0) is 17.8 Å². The van der Waals surface area contributed by atoms with Crippen molar-refractivity contribution in [3.05, 3.63) is 58.9 Å². The molecule has 7 nitrogen and oxygen atoms in total. The summed E-state index contributed by atoms with van der Waals surface area (Å²) in [4.78, 5) is 16.4. The van der Waals surface area contributed by atoms with Crippen molar-refractivity contribution < 1.29 is 4.74 Å². The van der Waals surface area contributed by atoms with E-state index in [-0.39, 0.29) is 12.2 Å². The summed E-state index contributed by atoms with van der Waals surface area (Å²) in [5, 5.41) is 4.08. The first-order chi connectivity index (χ1) is 16.6. The van der Waals surface area contributed by atoms with E-state index in [0.29, 0.717) is 5.02 Å². The van der Waals surface area contributed by atoms with Crippen molar-refractivity contribution in [2.45, 2.75) is 32.2 Å². The second kappa shape index (κ2) is 9.30. The van der Waals surface area contributed by atoms with Gasteiger partial charge in [0, 0.05) is 77.0 Å². The highest BCUT2D eigenvalue weighted by atomic mass is 35.5. The number of aromatic nitrogens is 2. The van der Waals surface area contributed by atoms with Gasteiger partial charge in [-0.05, 0) is 42.3 Å². The minimum Gasteiger partial charge on any atom is -0.370 e. The second-order valence-electron chi connectivity index (χ2n) is 9.65. The predicted molar refractivity (Wildman–Crippen MR) is 137 cm³/mol. The van der Waals surface area contributed by atoms with Crippen molar-refractivity contribution >= 4 is 34.0 Å². The number of anilines is 2. The number of hydrogen-bond acceptors (Lipinski definition) is 7. The van der Waals surface area contributed by atoms with Crippen molar-refractivity contribution in [1.29, 1.82) is 0 Å². The number of morpholine rings is 1. The van der Waals surface area contributed by atoms with E-state index in [1.165, 1.54) is 16.8 Å². The maximum Gasteiger partial charge on any atom is 0.113 e. The normalized spacial score (nSPS) is 23.5. The van der Waals surface area contributed by atoms with Gasteiger partial charge in [0.1, 0.15) is 11.0 Å². The van der Waals surface area contributed by atoms with E-state index < -0.39 is 0 Å². The van der Waals surface area contributed by atoms with Crippen LogP contribution in [0.25, 0.3) is 11.0 Å². The second-order valence-corrected chi connectivity index (χ2v) is 10.1. The molecule has 4 heterocycles. The number of piperazine rings is 1. The van der Waals surface area contributed by atoms with Crippen LogP contribution in [0.4, 0.5) is 11.4 Å². The molecular formula is C26H31ClN6O. The molecule has 0 spiro atoms. The summed E-state index contributed by atoms with van der Waals surface area (Å²) in [5.41, 5.74) is 6.95. The van der Waals surface area contributed by atoms with Gasteiger partial charge in [-0.2, -0.15) is 0 Å². The van der Waals surface area contributed by atoms with Crippen LogP contribution in [0.2, 0.25) is 5.02 Å². The van der Waals surface area contributed by atoms with Gasteiger partial charge in [0.25, 0.3) is 0 Å². The maximum absolute atomic E-state index is 6.39. The van der Waals surface area contributed by atoms with Gasteiger partial charge in [0.05, 0.1) is 22.9 Å². The largest absolute Gasteiger partial charge is 0.370 e. The van der Waals surface area contributed by atoms with E-state index in [4.69, 9.17) is 16.3 Å². The number of benzene rings is 2. The zero-order chi connectivity index (χ0) is 23.1. The Morgan fingerprint density at radius 2 is 1.76 bits per heavy atom. The standard InChI is InChI=1S/C26H31ClN6O/c1-18-13-33(24-5-4-23(27)25-26(24)30-7-6-29-25)17-22(34-18)16-31-14-19-2-3-21(12-20(19)15-31)32-10-8-28-9-11-32/h2-7,12,18,22,28H,8-11,13-17H2,1H3/t18-,22+/m1/s1. The van der Waals surface area contributed by atoms with Crippen LogP contribution >= 0.6 is 11.6 Å². The number of hydrogen-bond donors (Lipinski definition) is 1. The first-order valence-electron chi connectivity index (χ1n) is 12.2. The van der Waals surface area contributed by atoms with Crippen LogP contribution in [-0.4, -0.2) is 72.9 Å². The van der Waals surface area contributed by atoms with Crippen LogP contribution in [0.1, 0.15) is 18.1 Å². The molecule has 0 aliphatic carbocycles. The lowest BCUT2D eigenvalue weighted by atomic mass is 10.1. The van der Waals surface area contributed by atoms with Gasteiger partial charge in [-0.25, -0.2) is 0 Å². The fourth-order valence-corrected chi connectivity index (χ4v) is 5.80. The van der Waals surface area contributed by atoms with Gasteiger partial charge in [-0.1, -0.05) is 17.7 Å². The molecule has 0 radical (unpaired) electrons. The molecule has 2 aromatic carbocycles. The van der Waals surface area contributed by atoms with Crippen molar-refractivity contribution in [2.75, 3.05) is 55.6 Å². The van der Waals surface area contributed by atoms with Crippen molar-refractivity contribution in [2.24, 2.45) is 0 Å². The molecule has 2 fully saturated rings. The molecule has 6 rings (SSSR count). The van der Waals surface area contributed by atoms with Gasteiger partial charge >= 0.3 is 0 Å². The Morgan fingerprint density at radius 1 is 0.971 bits per heavy atom. The molecule has 0 amide bonds. The minimum absolute atomic E-state index is 0.133. The minimum atomic E-state index is 0.133. The van der Waals surface area contributed by atoms with Crippen molar-refractivity contribution in [1.82, 2.24) is 20.2 Å². The Morgan fingerprint density at radius 3 is 2.62 bits per heavy atom. The highest BCUT2D eigenvalue weighted by Gasteiger charge is 2.30. The average Bonchev–Trinajstić information content (AvgIpc) is 3.26. The average molecular weight is 479 g/mol. The molecular weight excluding hydrogens is 448 g/mol. The number of ether oxygens (including phenoxy) is 1. The quantitative estimate of drug-likeness (QED) is 0.617. The Hall–Kier alpha value is -2.45. The van der Waals surface area contributed by atoms with Crippen LogP contribution in [0, 0.1) is 0 Å². The fourth-order valence-electron chi connectivity index (χ4n) is 5.60. The Kier molecular flexibility index (Phi) is 6.03. The van der Waals surface area contributed by atoms with Crippen LogP contribution in [0.15, 0.2) is 42.7 Å². The zero-order valence-electron chi connectivity index (χ0n) is 19.6. The number of nitrogens with one attached hydrogen (secondary N) is 1. The summed E-state index contributed by atoms with van der Waals surface area (Å²) in [5.74, 6) is 0. The monoisotopic (exact) mass is 478 g/mol. The smallest absolute Gasteiger partial charge is 0.113 e. The third kappa shape index (κ3) is 4.33. The summed E-state index contributed by atoms with van der Waals surface area (Å²) in [6, 6.07) is 11.0. The number of rotatable bonds is 4. The molecule has 3 aliphatic heterocycles. The van der Waals surface area contributed by atoms with Crippen molar-refractivity contribution in [3.8, 4) is 0 Å². The Labute approximate surface area is 205 Å². The summed E-state index contributed by atoms with van der Waals surface area (Å²) < 4.78 is 6.39. The molecule has 3 aromatic rings. The topological polar surface area (TPSA) is 56.8 Å². The number of fused-ring (bicyclic) bond motifs is 2. The SMILES string of the molecule is C[C@@H]1CN(c2ccc(Cl)c3nccnc23)C[C@H](CN2Cc3ccc(N4CCNCC4)cc3C2)O1. The van der Waals surface area contributed by atoms with Crippen molar-refractivity contribution in [3.63, 3.8) is 0 Å². The first kappa shape index (κ1) is 22.0. The lowest BCUT2D eigenvalue weighted by Gasteiger charge is -2.39. The molecule has 1 N–H and O–H groups in total. The zero-order valence-corrected chi connectivity index (χ0v) is 20.3. The van der Waals surface area contributed by atoms with Gasteiger partial charge in [-0.3, -0.25) is 14.9 Å². The highest BCUT2D eigenvalue weighted by molar-refractivity contribution is 6.35. The van der Waals surface area contributed by atoms with Gasteiger partial charge < -0.3 is 19.9 Å². The third-order valence-electron chi connectivity index (χ3n) is 7.14. The predicted octanol–water partition coefficient (Wildman–Crippen LogP) is 3.30. The molecule has 3 aliphatic rings. The molecule has 0 bridgehead atoms. The van der Waals surface area contributed by atoms with Gasteiger partial charge in [-0.15, -0.1) is 0 Å². The Bertz CT molecular complexity index is 1180. The summed E-state index contributed by atoms with van der Waals surface area (Å²) in [7, 11) is 0. The number of halogens is 1. The van der Waals surface area contributed by atoms with E-state index in [0.717, 1.165) is 75.6 Å². The number of nitrogens with zero attached hydrogens (tertiary/aromatic N) is 5. The summed E-state index contributed by atoms with van der Waals surface area (Å²) in [6.07, 6.45) is 3.71. The molecule has 2 atom stereocenters. The molecule has 1 aromatic heterocycles. The molecule has 34 heavy (non-hydrogen) atoms. The van der Waals surface area contributed by atoms with Gasteiger partial charge in [0.2, 0.25) is 0 Å². The Balaban J connectivity index is 1.16. The lowest BCUT2D eigenvalue weighted by Crippen LogP contribution is -2.50. The van der Waals surface area contributed by atoms with Crippen LogP contribution < -0.4 is 15.1 Å². The van der Waals surface area contributed by atoms with Crippen LogP contribution in [0.5, 0.6) is 0 Å².